The van der Waals surface area contributed by atoms with Gasteiger partial charge in [0.05, 0.1) is 5.76 Å². The van der Waals surface area contributed by atoms with Gasteiger partial charge in [-0.25, -0.2) is 0 Å². The summed E-state index contributed by atoms with van der Waals surface area (Å²) in [6.07, 6.45) is 4.01. The molecule has 5 aromatic rings. The number of aryl methyl sites for hydroxylation is 1. The number of rotatable bonds is 2. The number of aromatic nitrogens is 1. The molecule has 40 heavy (non-hydrogen) atoms. The van der Waals surface area contributed by atoms with Crippen LogP contribution in [0.2, 0.25) is 0 Å². The minimum absolute atomic E-state index is 0. The third-order valence-electron chi connectivity index (χ3n) is 7.37. The van der Waals surface area contributed by atoms with Crippen LogP contribution in [-0.4, -0.2) is 15.9 Å². The van der Waals surface area contributed by atoms with Crippen molar-refractivity contribution in [2.45, 2.75) is 67.2 Å². The molecule has 0 saturated heterocycles. The van der Waals surface area contributed by atoms with Gasteiger partial charge in [0.15, 0.2) is 5.78 Å². The number of aliphatic hydroxyl groups excluding tert-OH is 1. The van der Waals surface area contributed by atoms with Gasteiger partial charge in [0, 0.05) is 48.8 Å². The maximum absolute atomic E-state index is 10.0. The fourth-order valence-corrected chi connectivity index (χ4v) is 5.76. The first-order valence-electron chi connectivity index (χ1n) is 13.5. The van der Waals surface area contributed by atoms with Crippen molar-refractivity contribution in [3.63, 3.8) is 0 Å². The summed E-state index contributed by atoms with van der Waals surface area (Å²) < 4.78 is 6.54. The van der Waals surface area contributed by atoms with Crippen molar-refractivity contribution in [3.05, 3.63) is 88.8 Å². The van der Waals surface area contributed by atoms with E-state index in [9.17, 15) is 4.79 Å². The van der Waals surface area contributed by atoms with E-state index in [4.69, 9.17) is 14.5 Å². The van der Waals surface area contributed by atoms with Crippen molar-refractivity contribution < 1.29 is 34.4 Å². The largest absolute Gasteiger partial charge is 0.512 e. The Balaban J connectivity index is 0.000000413. The Morgan fingerprint density at radius 1 is 1.05 bits per heavy atom. The van der Waals surface area contributed by atoms with E-state index in [0.29, 0.717) is 0 Å². The SMILES string of the molecule is CC(=O)/C=C(/C)O.Cc1ccc2[c-]c3c(cc2c1)C(C)(C)c1ccc(CC(C)(C)C)c2oc4ccnc-3c4c12.[Ir]. The quantitative estimate of drug-likeness (QED) is 0.113. The monoisotopic (exact) mass is 711 g/mol. The van der Waals surface area contributed by atoms with Crippen LogP contribution in [0.15, 0.2) is 64.9 Å². The summed E-state index contributed by atoms with van der Waals surface area (Å²) in [7, 11) is 0. The molecule has 0 atom stereocenters. The molecule has 1 N–H and O–H groups in total. The van der Waals surface area contributed by atoms with Gasteiger partial charge < -0.3 is 9.52 Å². The third kappa shape index (κ3) is 5.38. The molecule has 0 aliphatic heterocycles. The molecule has 0 fully saturated rings. The van der Waals surface area contributed by atoms with Gasteiger partial charge >= 0.3 is 0 Å². The van der Waals surface area contributed by atoms with Crippen molar-refractivity contribution in [3.8, 4) is 11.3 Å². The molecule has 2 aromatic heterocycles. The smallest absolute Gasteiger partial charge is 0.155 e. The zero-order chi connectivity index (χ0) is 28.3. The van der Waals surface area contributed by atoms with Gasteiger partial charge in [0.25, 0.3) is 0 Å². The molecule has 1 aliphatic carbocycles. The summed E-state index contributed by atoms with van der Waals surface area (Å²) in [5, 5.41) is 13.1. The van der Waals surface area contributed by atoms with Gasteiger partial charge in [-0.1, -0.05) is 81.0 Å². The van der Waals surface area contributed by atoms with Crippen molar-refractivity contribution in [1.29, 1.82) is 0 Å². The second-order valence-corrected chi connectivity index (χ2v) is 12.5. The molecule has 0 spiro atoms. The number of ketones is 1. The minimum atomic E-state index is -0.209. The molecule has 0 saturated carbocycles. The minimum Gasteiger partial charge on any atom is -0.512 e. The number of nitrogens with zero attached hydrogens (tertiary/aromatic N) is 1. The number of pyridine rings is 1. The Hall–Kier alpha value is -3.27. The molecular formula is C35H36IrNO3-. The number of hydrogen-bond acceptors (Lipinski definition) is 4. The number of hydrogen-bond donors (Lipinski definition) is 1. The van der Waals surface area contributed by atoms with Gasteiger partial charge in [0.1, 0.15) is 11.2 Å². The maximum Gasteiger partial charge on any atom is 0.155 e. The van der Waals surface area contributed by atoms with E-state index >= 15 is 0 Å². The van der Waals surface area contributed by atoms with E-state index in [1.165, 1.54) is 52.9 Å². The van der Waals surface area contributed by atoms with Crippen LogP contribution in [0.3, 0.4) is 0 Å². The number of furan rings is 1. The molecule has 1 aliphatic rings. The summed E-state index contributed by atoms with van der Waals surface area (Å²) in [5.74, 6) is -0.0625. The van der Waals surface area contributed by atoms with Crippen molar-refractivity contribution in [2.75, 3.05) is 0 Å². The van der Waals surface area contributed by atoms with Crippen molar-refractivity contribution in [1.82, 2.24) is 4.98 Å². The molecule has 1 radical (unpaired) electrons. The van der Waals surface area contributed by atoms with Crippen LogP contribution in [0.1, 0.15) is 70.7 Å². The zero-order valence-corrected chi connectivity index (χ0v) is 26.8. The normalized spacial score (nSPS) is 13.9. The second-order valence-electron chi connectivity index (χ2n) is 12.5. The van der Waals surface area contributed by atoms with Crippen LogP contribution in [0, 0.1) is 18.4 Å². The molecule has 2 heterocycles. The van der Waals surface area contributed by atoms with Crippen LogP contribution in [0.4, 0.5) is 0 Å². The Labute approximate surface area is 249 Å². The van der Waals surface area contributed by atoms with Crippen LogP contribution >= 0.6 is 0 Å². The second kappa shape index (κ2) is 10.6. The first-order chi connectivity index (χ1) is 18.3. The Morgan fingerprint density at radius 3 is 2.40 bits per heavy atom. The maximum atomic E-state index is 10.0. The molecule has 6 rings (SSSR count). The number of carbonyl (C=O) groups excluding carboxylic acids is 1. The first-order valence-corrected chi connectivity index (χ1v) is 13.5. The van der Waals surface area contributed by atoms with E-state index in [1.807, 2.05) is 12.3 Å². The average molecular weight is 711 g/mol. The van der Waals surface area contributed by atoms with E-state index < -0.39 is 0 Å². The molecule has 3 aromatic carbocycles. The number of allylic oxidation sites excluding steroid dienone is 2. The molecule has 0 amide bonds. The van der Waals surface area contributed by atoms with Crippen molar-refractivity contribution >= 4 is 38.5 Å². The zero-order valence-electron chi connectivity index (χ0n) is 24.4. The van der Waals surface area contributed by atoms with Crippen LogP contribution in [0.25, 0.3) is 44.0 Å². The van der Waals surface area contributed by atoms with Gasteiger partial charge in [0.2, 0.25) is 0 Å². The van der Waals surface area contributed by atoms with Crippen molar-refractivity contribution in [2.24, 2.45) is 5.41 Å². The molecule has 5 heteroatoms. The van der Waals surface area contributed by atoms with Gasteiger partial charge in [-0.2, -0.15) is 0 Å². The van der Waals surface area contributed by atoms with Crippen LogP contribution < -0.4 is 0 Å². The summed E-state index contributed by atoms with van der Waals surface area (Å²) in [6, 6.07) is 19.3. The molecule has 209 valence electrons. The third-order valence-corrected chi connectivity index (χ3v) is 7.37. The average Bonchev–Trinajstić information content (AvgIpc) is 3.19. The Kier molecular flexibility index (Phi) is 7.88. The number of aliphatic hydroxyl groups is 1. The summed E-state index contributed by atoms with van der Waals surface area (Å²) in [4.78, 5) is 14.9. The summed E-state index contributed by atoms with van der Waals surface area (Å²) in [5.41, 5.74) is 9.08. The predicted octanol–water partition coefficient (Wildman–Crippen LogP) is 9.17. The number of carbonyl (C=O) groups is 1. The molecule has 0 bridgehead atoms. The van der Waals surface area contributed by atoms with Gasteiger partial charge in [-0.05, 0) is 55.2 Å². The van der Waals surface area contributed by atoms with E-state index in [1.54, 1.807) is 0 Å². The van der Waals surface area contributed by atoms with E-state index in [2.05, 4.69) is 84.0 Å². The first kappa shape index (κ1) is 29.7. The molecule has 0 unspecified atom stereocenters. The van der Waals surface area contributed by atoms with E-state index in [-0.39, 0.29) is 42.5 Å². The van der Waals surface area contributed by atoms with Crippen LogP contribution in [-0.2, 0) is 36.7 Å². The van der Waals surface area contributed by atoms with Gasteiger partial charge in [-0.15, -0.1) is 23.6 Å². The summed E-state index contributed by atoms with van der Waals surface area (Å²) in [6.45, 7) is 16.5. The number of benzene rings is 3. The predicted molar refractivity (Wildman–Crippen MR) is 160 cm³/mol. The summed E-state index contributed by atoms with van der Waals surface area (Å²) >= 11 is 0. The van der Waals surface area contributed by atoms with E-state index in [0.717, 1.165) is 39.6 Å². The standard InChI is InChI=1S/C30H28NO.C5H8O2.Ir/c1-17-7-8-18-14-21-23(15-20(18)13-17)30(5,6)22-10-9-19(16-29(2,3)4)28-25(22)26-24(32-28)11-12-31-27(21)26;1-4(6)3-5(2)7;/h7-13,15H,16H2,1-6H3;3,6H,1-2H3;/q-1;;/b;4-3-;. The number of fused-ring (bicyclic) bond motifs is 3. The molecular weight excluding hydrogens is 675 g/mol. The topological polar surface area (TPSA) is 63.3 Å². The Morgan fingerprint density at radius 2 is 1.77 bits per heavy atom. The van der Waals surface area contributed by atoms with Crippen LogP contribution in [0.5, 0.6) is 0 Å². The molecule has 4 nitrogen and oxygen atoms in total. The van der Waals surface area contributed by atoms with Gasteiger partial charge in [-0.3, -0.25) is 9.78 Å². The Bertz CT molecular complexity index is 1800. The fourth-order valence-electron chi connectivity index (χ4n) is 5.76. The fraction of sp³-hybridized carbons (Fsp3) is 0.314.